The number of carbonyl (C=O) groups is 1. The van der Waals surface area contributed by atoms with Gasteiger partial charge in [-0.25, -0.2) is 19.9 Å². The number of Topliss-reactive ketones (excluding diaryl/α,β-unsaturated/α-hetero) is 1. The number of nitrogens with zero attached hydrogens (tertiary/aromatic N) is 8. The van der Waals surface area contributed by atoms with Crippen LogP contribution in [0.15, 0.2) is 49.4 Å². The lowest BCUT2D eigenvalue weighted by Crippen LogP contribution is -2.36. The van der Waals surface area contributed by atoms with Crippen LogP contribution in [0, 0.1) is 11.8 Å². The van der Waals surface area contributed by atoms with E-state index in [1.807, 2.05) is 37.1 Å². The van der Waals surface area contributed by atoms with Crippen LogP contribution in [0.1, 0.15) is 96.0 Å². The lowest BCUT2D eigenvalue weighted by molar-refractivity contribution is -0.122. The maximum Gasteiger partial charge on any atom is 0.316 e. The SMILES string of the molecule is COc1ncc(-c2ccc(C(C(=O)CCC(C)C)C3CCC(Nc4ncc(C(C)(C)C)c(N5CCn6cncc6C5)n4)CC3)nc2)cn1. The third-order valence-corrected chi connectivity index (χ3v) is 9.78. The minimum absolute atomic E-state index is 0.0879. The molecule has 5 heterocycles. The predicted octanol–water partition coefficient (Wildman–Crippen LogP) is 6.61. The summed E-state index contributed by atoms with van der Waals surface area (Å²) in [6.45, 7) is 13.5. The van der Waals surface area contributed by atoms with Gasteiger partial charge in [-0.15, -0.1) is 0 Å². The van der Waals surface area contributed by atoms with Crippen LogP contribution < -0.4 is 15.0 Å². The molecule has 0 amide bonds. The fraction of sp³-hybridized carbons (Fsp3) is 0.541. The molecular formula is C37H49N9O2. The van der Waals surface area contributed by atoms with Crippen molar-refractivity contribution in [2.45, 2.75) is 104 Å². The Morgan fingerprint density at radius 1 is 0.958 bits per heavy atom. The van der Waals surface area contributed by atoms with Crippen LogP contribution in [0.25, 0.3) is 11.1 Å². The zero-order chi connectivity index (χ0) is 33.8. The number of imidazole rings is 1. The van der Waals surface area contributed by atoms with Crippen molar-refractivity contribution in [2.24, 2.45) is 11.8 Å². The molecule has 1 N–H and O–H groups in total. The molecule has 2 aliphatic rings. The average Bonchev–Trinajstić information content (AvgIpc) is 3.56. The number of pyridine rings is 1. The molecule has 254 valence electrons. The first-order valence-corrected chi connectivity index (χ1v) is 17.3. The predicted molar refractivity (Wildman–Crippen MR) is 187 cm³/mol. The number of fused-ring (bicyclic) bond motifs is 1. The standard InChI is InChI=1S/C37H49N9O2/c1-24(2)7-14-32(47)33(31-13-10-26(17-39-31)27-18-41-36(48-6)42-19-27)25-8-11-28(12-9-25)43-35-40-21-30(37(3,4)5)34(44-35)45-15-16-46-23-38-20-29(46)22-45/h10,13,17-21,23-25,28,33H,7-9,11-12,14-16,22H2,1-6H3,(H,40,43,44). The van der Waals surface area contributed by atoms with Crippen LogP contribution in [0.5, 0.6) is 6.01 Å². The van der Waals surface area contributed by atoms with Crippen molar-refractivity contribution in [2.75, 3.05) is 23.9 Å². The molecule has 6 rings (SSSR count). The van der Waals surface area contributed by atoms with E-state index in [-0.39, 0.29) is 23.3 Å². The van der Waals surface area contributed by atoms with Gasteiger partial charge >= 0.3 is 6.01 Å². The summed E-state index contributed by atoms with van der Waals surface area (Å²) in [5.41, 5.74) is 4.88. The smallest absolute Gasteiger partial charge is 0.316 e. The lowest BCUT2D eigenvalue weighted by Gasteiger charge is -2.35. The number of anilines is 2. The Morgan fingerprint density at radius 3 is 2.38 bits per heavy atom. The highest BCUT2D eigenvalue weighted by atomic mass is 16.5. The molecule has 0 spiro atoms. The van der Waals surface area contributed by atoms with Crippen LogP contribution in [0.3, 0.4) is 0 Å². The fourth-order valence-electron chi connectivity index (χ4n) is 6.94. The lowest BCUT2D eigenvalue weighted by atomic mass is 9.74. The Morgan fingerprint density at radius 2 is 1.71 bits per heavy atom. The van der Waals surface area contributed by atoms with Gasteiger partial charge in [0.1, 0.15) is 11.6 Å². The summed E-state index contributed by atoms with van der Waals surface area (Å²) in [6.07, 6.45) is 16.4. The molecule has 1 aliphatic heterocycles. The molecule has 11 nitrogen and oxygen atoms in total. The van der Waals surface area contributed by atoms with Gasteiger partial charge in [0.25, 0.3) is 0 Å². The van der Waals surface area contributed by atoms with E-state index in [1.165, 1.54) is 5.69 Å². The summed E-state index contributed by atoms with van der Waals surface area (Å²) in [4.78, 5) is 43.7. The van der Waals surface area contributed by atoms with E-state index in [9.17, 15) is 4.79 Å². The monoisotopic (exact) mass is 651 g/mol. The molecule has 1 saturated carbocycles. The molecule has 11 heteroatoms. The molecule has 48 heavy (non-hydrogen) atoms. The van der Waals surface area contributed by atoms with Crippen molar-refractivity contribution in [3.63, 3.8) is 0 Å². The van der Waals surface area contributed by atoms with Crippen LogP contribution >= 0.6 is 0 Å². The van der Waals surface area contributed by atoms with E-state index in [1.54, 1.807) is 19.5 Å². The second-order valence-corrected chi connectivity index (χ2v) is 14.7. The third kappa shape index (κ3) is 7.66. The van der Waals surface area contributed by atoms with E-state index in [0.717, 1.165) is 79.9 Å². The molecule has 0 bridgehead atoms. The first-order chi connectivity index (χ1) is 23.1. The summed E-state index contributed by atoms with van der Waals surface area (Å²) >= 11 is 0. The molecule has 1 aliphatic carbocycles. The first kappa shape index (κ1) is 33.5. The second-order valence-electron chi connectivity index (χ2n) is 14.7. The number of nitrogens with one attached hydrogen (secondary N) is 1. The van der Waals surface area contributed by atoms with E-state index in [2.05, 4.69) is 64.4 Å². The number of hydrogen-bond acceptors (Lipinski definition) is 10. The van der Waals surface area contributed by atoms with Gasteiger partial charge in [0, 0.05) is 73.2 Å². The summed E-state index contributed by atoms with van der Waals surface area (Å²) in [5.74, 6) is 2.46. The number of aromatic nitrogens is 7. The maximum atomic E-state index is 13.8. The largest absolute Gasteiger partial charge is 0.467 e. The maximum absolute atomic E-state index is 13.8. The van der Waals surface area contributed by atoms with Crippen molar-refractivity contribution < 1.29 is 9.53 Å². The molecule has 0 saturated heterocycles. The minimum Gasteiger partial charge on any atom is -0.467 e. The summed E-state index contributed by atoms with van der Waals surface area (Å²) < 4.78 is 7.31. The van der Waals surface area contributed by atoms with Crippen LogP contribution in [-0.4, -0.2) is 60.0 Å². The van der Waals surface area contributed by atoms with Gasteiger partial charge in [-0.2, -0.15) is 4.98 Å². The van der Waals surface area contributed by atoms with Crippen molar-refractivity contribution in [3.8, 4) is 17.1 Å². The number of carbonyl (C=O) groups excluding carboxylic acids is 1. The van der Waals surface area contributed by atoms with Crippen molar-refractivity contribution in [1.82, 2.24) is 34.5 Å². The zero-order valence-electron chi connectivity index (χ0n) is 29.2. The van der Waals surface area contributed by atoms with Crippen molar-refractivity contribution in [1.29, 1.82) is 0 Å². The number of ketones is 1. The van der Waals surface area contributed by atoms with Gasteiger partial charge < -0.3 is 19.5 Å². The molecule has 0 aromatic carbocycles. The van der Waals surface area contributed by atoms with Crippen LogP contribution in [-0.2, 0) is 23.3 Å². The average molecular weight is 652 g/mol. The molecule has 0 radical (unpaired) electrons. The van der Waals surface area contributed by atoms with Crippen molar-refractivity contribution in [3.05, 3.63) is 66.4 Å². The quantitative estimate of drug-likeness (QED) is 0.189. The molecule has 1 unspecified atom stereocenters. The molecule has 1 fully saturated rings. The van der Waals surface area contributed by atoms with Crippen LogP contribution in [0.2, 0.25) is 0 Å². The van der Waals surface area contributed by atoms with E-state index in [4.69, 9.17) is 19.7 Å². The molecular weight excluding hydrogens is 602 g/mol. The summed E-state index contributed by atoms with van der Waals surface area (Å²) in [5, 5.41) is 3.67. The summed E-state index contributed by atoms with van der Waals surface area (Å²) in [7, 11) is 1.55. The van der Waals surface area contributed by atoms with Gasteiger partial charge in [0.05, 0.1) is 37.3 Å². The topological polar surface area (TPSA) is 124 Å². The fourth-order valence-corrected chi connectivity index (χ4v) is 6.94. The summed E-state index contributed by atoms with van der Waals surface area (Å²) in [6, 6.07) is 4.61. The van der Waals surface area contributed by atoms with Gasteiger partial charge in [0.15, 0.2) is 0 Å². The molecule has 1 atom stereocenters. The number of hydrogen-bond donors (Lipinski definition) is 1. The molecule has 4 aromatic heterocycles. The first-order valence-electron chi connectivity index (χ1n) is 17.3. The Hall–Kier alpha value is -4.41. The van der Waals surface area contributed by atoms with E-state index < -0.39 is 0 Å². The van der Waals surface area contributed by atoms with E-state index >= 15 is 0 Å². The van der Waals surface area contributed by atoms with E-state index in [0.29, 0.717) is 30.1 Å². The highest BCUT2D eigenvalue weighted by molar-refractivity contribution is 5.85. The van der Waals surface area contributed by atoms with Crippen molar-refractivity contribution >= 4 is 17.5 Å². The highest BCUT2D eigenvalue weighted by Crippen LogP contribution is 2.39. The number of ether oxygens (including phenoxy) is 1. The van der Waals surface area contributed by atoms with Crippen LogP contribution in [0.4, 0.5) is 11.8 Å². The Bertz CT molecular complexity index is 1670. The Kier molecular flexibility index (Phi) is 10.0. The highest BCUT2D eigenvalue weighted by Gasteiger charge is 2.34. The van der Waals surface area contributed by atoms with Gasteiger partial charge in [-0.05, 0) is 55.4 Å². The number of methoxy groups -OCH3 is 1. The van der Waals surface area contributed by atoms with Gasteiger partial charge in [-0.3, -0.25) is 9.78 Å². The Balaban J connectivity index is 1.15. The molecule has 4 aromatic rings. The number of rotatable bonds is 11. The second kappa shape index (κ2) is 14.4. The minimum atomic E-state index is -0.215. The van der Waals surface area contributed by atoms with Gasteiger partial charge in [0.2, 0.25) is 5.95 Å². The zero-order valence-corrected chi connectivity index (χ0v) is 29.2. The Labute approximate surface area is 284 Å². The third-order valence-electron chi connectivity index (χ3n) is 9.78. The van der Waals surface area contributed by atoms with Gasteiger partial charge in [-0.1, -0.05) is 40.7 Å². The normalized spacial score (nSPS) is 18.8.